The lowest BCUT2D eigenvalue weighted by molar-refractivity contribution is -0.139. The fraction of sp³-hybridized carbons (Fsp3) is 0.545. The van der Waals surface area contributed by atoms with Crippen LogP contribution in [0.3, 0.4) is 0 Å². The predicted octanol–water partition coefficient (Wildman–Crippen LogP) is 3.71. The summed E-state index contributed by atoms with van der Waals surface area (Å²) in [5.41, 5.74) is 1.55. The highest BCUT2D eigenvalue weighted by Crippen LogP contribution is 2.20. The molecule has 0 aliphatic rings. The van der Waals surface area contributed by atoms with Crippen LogP contribution in [0.5, 0.6) is 5.88 Å². The van der Waals surface area contributed by atoms with Crippen LogP contribution in [0.15, 0.2) is 12.1 Å². The molecule has 1 aromatic rings. The molecule has 0 aliphatic heterocycles. The van der Waals surface area contributed by atoms with Crippen molar-refractivity contribution in [3.05, 3.63) is 23.4 Å². The Bertz CT molecular complexity index is 346. The molecule has 17 heavy (non-hydrogen) atoms. The number of aromatic nitrogens is 1. The Kier molecular flexibility index (Phi) is 5.05. The van der Waals surface area contributed by atoms with Crippen LogP contribution in [0.2, 0.25) is 0 Å². The van der Waals surface area contributed by atoms with E-state index < -0.39 is 19.2 Å². The molecular formula is C11H13ClF3NO. The number of hydrogen-bond donors (Lipinski definition) is 0. The molecule has 0 saturated heterocycles. The van der Waals surface area contributed by atoms with Crippen LogP contribution in [0.1, 0.15) is 24.6 Å². The highest BCUT2D eigenvalue weighted by molar-refractivity contribution is 6.17. The molecule has 0 saturated carbocycles. The van der Waals surface area contributed by atoms with E-state index in [4.69, 9.17) is 16.3 Å². The highest BCUT2D eigenvalue weighted by atomic mass is 35.5. The molecule has 0 unspecified atom stereocenters. The van der Waals surface area contributed by atoms with E-state index in [9.17, 15) is 13.2 Å². The maximum absolute atomic E-state index is 11.9. The van der Waals surface area contributed by atoms with Gasteiger partial charge in [0.1, 0.15) is 0 Å². The molecule has 1 heterocycles. The van der Waals surface area contributed by atoms with Crippen LogP contribution >= 0.6 is 11.6 Å². The first kappa shape index (κ1) is 14.1. The van der Waals surface area contributed by atoms with Gasteiger partial charge in [-0.2, -0.15) is 13.2 Å². The number of ether oxygens (including phenoxy) is 1. The van der Waals surface area contributed by atoms with Crippen LogP contribution in [-0.4, -0.2) is 17.8 Å². The van der Waals surface area contributed by atoms with E-state index >= 15 is 0 Å². The van der Waals surface area contributed by atoms with Gasteiger partial charge in [-0.15, -0.1) is 11.6 Å². The summed E-state index contributed by atoms with van der Waals surface area (Å²) in [6, 6.07) is 3.37. The summed E-state index contributed by atoms with van der Waals surface area (Å²) in [6.07, 6.45) is -4.51. The van der Waals surface area contributed by atoms with Gasteiger partial charge in [-0.3, -0.25) is 0 Å². The molecule has 1 rings (SSSR count). The molecule has 0 amide bonds. The number of aryl methyl sites for hydroxylation is 1. The van der Waals surface area contributed by atoms with Gasteiger partial charge in [-0.1, -0.05) is 6.92 Å². The second-order valence-electron chi connectivity index (χ2n) is 3.51. The molecule has 2 nitrogen and oxygen atoms in total. The number of pyridine rings is 1. The minimum atomic E-state index is -4.21. The average molecular weight is 268 g/mol. The summed E-state index contributed by atoms with van der Waals surface area (Å²) in [7, 11) is 0. The van der Waals surface area contributed by atoms with Gasteiger partial charge in [-0.25, -0.2) is 4.98 Å². The molecule has 6 heteroatoms. The zero-order chi connectivity index (χ0) is 12.9. The fourth-order valence-electron chi connectivity index (χ4n) is 1.22. The van der Waals surface area contributed by atoms with Crippen LogP contribution in [0, 0.1) is 0 Å². The molecule has 0 fully saturated rings. The quantitative estimate of drug-likeness (QED) is 0.759. The first-order chi connectivity index (χ1) is 7.94. The first-order valence-electron chi connectivity index (χ1n) is 5.20. The van der Waals surface area contributed by atoms with Crippen molar-refractivity contribution >= 4 is 11.6 Å². The monoisotopic (exact) mass is 267 g/mol. The Hall–Kier alpha value is -0.970. The van der Waals surface area contributed by atoms with Crippen LogP contribution in [-0.2, 0) is 12.3 Å². The maximum Gasteiger partial charge on any atom is 0.392 e. The van der Waals surface area contributed by atoms with Crippen molar-refractivity contribution in [3.8, 4) is 5.88 Å². The maximum atomic E-state index is 11.9. The normalized spacial score (nSPS) is 11.6. The van der Waals surface area contributed by atoms with Crippen molar-refractivity contribution in [2.75, 3.05) is 6.61 Å². The van der Waals surface area contributed by atoms with E-state index in [1.165, 1.54) is 0 Å². The summed E-state index contributed by atoms with van der Waals surface area (Å²) < 4.78 is 40.8. The van der Waals surface area contributed by atoms with Gasteiger partial charge in [-0.05, 0) is 18.1 Å². The van der Waals surface area contributed by atoms with Crippen molar-refractivity contribution in [2.45, 2.75) is 31.8 Å². The largest absolute Gasteiger partial charge is 0.477 e. The van der Waals surface area contributed by atoms with E-state index in [2.05, 4.69) is 4.98 Å². The molecule has 1 aromatic heterocycles. The summed E-state index contributed by atoms with van der Waals surface area (Å²) >= 11 is 5.67. The SMILES string of the molecule is CCc1cc(CCl)cc(OCCC(F)(F)F)n1. The van der Waals surface area contributed by atoms with Crippen LogP contribution in [0.4, 0.5) is 13.2 Å². The van der Waals surface area contributed by atoms with Crippen molar-refractivity contribution in [2.24, 2.45) is 0 Å². The standard InChI is InChI=1S/C11H13ClF3NO/c1-2-9-5-8(7-12)6-10(16-9)17-4-3-11(13,14)15/h5-6H,2-4,7H2,1H3. The Morgan fingerprint density at radius 2 is 2.06 bits per heavy atom. The lowest BCUT2D eigenvalue weighted by atomic mass is 10.2. The number of alkyl halides is 4. The lowest BCUT2D eigenvalue weighted by Gasteiger charge is -2.10. The molecular weight excluding hydrogens is 255 g/mol. The van der Waals surface area contributed by atoms with Gasteiger partial charge in [0.2, 0.25) is 5.88 Å². The van der Waals surface area contributed by atoms with Crippen LogP contribution < -0.4 is 4.74 Å². The second-order valence-corrected chi connectivity index (χ2v) is 3.77. The van der Waals surface area contributed by atoms with Gasteiger partial charge in [0.05, 0.1) is 13.0 Å². The van der Waals surface area contributed by atoms with Crippen molar-refractivity contribution in [1.82, 2.24) is 4.98 Å². The van der Waals surface area contributed by atoms with Gasteiger partial charge >= 0.3 is 6.18 Å². The third-order valence-electron chi connectivity index (χ3n) is 2.07. The molecule has 0 radical (unpaired) electrons. The Morgan fingerprint density at radius 1 is 1.35 bits per heavy atom. The number of nitrogens with zero attached hydrogens (tertiary/aromatic N) is 1. The van der Waals surface area contributed by atoms with E-state index in [1.807, 2.05) is 13.0 Å². The Morgan fingerprint density at radius 3 is 2.59 bits per heavy atom. The second kappa shape index (κ2) is 6.10. The van der Waals surface area contributed by atoms with Crippen molar-refractivity contribution < 1.29 is 17.9 Å². The zero-order valence-corrected chi connectivity index (χ0v) is 10.1. The topological polar surface area (TPSA) is 22.1 Å². The molecule has 0 atom stereocenters. The molecule has 0 bridgehead atoms. The molecule has 96 valence electrons. The molecule has 0 aliphatic carbocycles. The van der Waals surface area contributed by atoms with Gasteiger partial charge in [0.25, 0.3) is 0 Å². The van der Waals surface area contributed by atoms with Gasteiger partial charge in [0, 0.05) is 17.6 Å². The number of hydrogen-bond acceptors (Lipinski definition) is 2. The zero-order valence-electron chi connectivity index (χ0n) is 9.35. The molecule has 0 N–H and O–H groups in total. The Labute approximate surface area is 103 Å². The molecule has 0 spiro atoms. The van der Waals surface area contributed by atoms with Gasteiger partial charge in [0.15, 0.2) is 0 Å². The first-order valence-corrected chi connectivity index (χ1v) is 5.73. The third-order valence-corrected chi connectivity index (χ3v) is 2.38. The van der Waals surface area contributed by atoms with Gasteiger partial charge < -0.3 is 4.74 Å². The van der Waals surface area contributed by atoms with E-state index in [0.29, 0.717) is 6.42 Å². The molecule has 0 aromatic carbocycles. The average Bonchev–Trinajstić information content (AvgIpc) is 2.26. The summed E-state index contributed by atoms with van der Waals surface area (Å²) in [4.78, 5) is 4.07. The fourth-order valence-corrected chi connectivity index (χ4v) is 1.38. The minimum absolute atomic E-state index is 0.198. The smallest absolute Gasteiger partial charge is 0.392 e. The number of rotatable bonds is 5. The van der Waals surface area contributed by atoms with E-state index in [-0.39, 0.29) is 11.8 Å². The predicted molar refractivity (Wildman–Crippen MR) is 59.3 cm³/mol. The summed E-state index contributed by atoms with van der Waals surface area (Å²) in [5, 5.41) is 0. The summed E-state index contributed by atoms with van der Waals surface area (Å²) in [6.45, 7) is 1.48. The summed E-state index contributed by atoms with van der Waals surface area (Å²) in [5.74, 6) is 0.481. The number of halogens is 4. The highest BCUT2D eigenvalue weighted by Gasteiger charge is 2.26. The lowest BCUT2D eigenvalue weighted by Crippen LogP contribution is -2.13. The third kappa shape index (κ3) is 5.26. The van der Waals surface area contributed by atoms with Crippen molar-refractivity contribution in [1.29, 1.82) is 0 Å². The minimum Gasteiger partial charge on any atom is -0.477 e. The van der Waals surface area contributed by atoms with Crippen LogP contribution in [0.25, 0.3) is 0 Å². The van der Waals surface area contributed by atoms with E-state index in [0.717, 1.165) is 11.3 Å². The van der Waals surface area contributed by atoms with Crippen molar-refractivity contribution in [3.63, 3.8) is 0 Å². The van der Waals surface area contributed by atoms with E-state index in [1.54, 1.807) is 6.07 Å². The Balaban J connectivity index is 2.64.